The number of anilines is 1. The summed E-state index contributed by atoms with van der Waals surface area (Å²) in [6.07, 6.45) is 0. The highest BCUT2D eigenvalue weighted by Gasteiger charge is 2.18. The first-order valence-electron chi connectivity index (χ1n) is 4.50. The zero-order chi connectivity index (χ0) is 12.4. The van der Waals surface area contributed by atoms with Crippen molar-refractivity contribution in [3.63, 3.8) is 0 Å². The molecule has 0 bridgehead atoms. The van der Waals surface area contributed by atoms with Crippen LogP contribution in [0.15, 0.2) is 16.0 Å². The monoisotopic (exact) mass is 253 g/mol. The first-order chi connectivity index (χ1) is 8.08. The van der Waals surface area contributed by atoms with Crippen LogP contribution in [0.3, 0.4) is 0 Å². The molecule has 0 aliphatic rings. The molecule has 2 aromatic rings. The first kappa shape index (κ1) is 11.3. The summed E-state index contributed by atoms with van der Waals surface area (Å²) in [6.45, 7) is 1.55. The highest BCUT2D eigenvalue weighted by Crippen LogP contribution is 2.23. The third kappa shape index (κ3) is 2.31. The summed E-state index contributed by atoms with van der Waals surface area (Å²) in [5.74, 6) is -1.58. The first-order valence-corrected chi connectivity index (χ1v) is 5.38. The van der Waals surface area contributed by atoms with Crippen molar-refractivity contribution in [1.29, 1.82) is 0 Å². The average molecular weight is 253 g/mol. The molecular weight excluding hydrogens is 246 g/mol. The number of aromatic nitrogens is 2. The molecule has 7 nitrogen and oxygen atoms in total. The molecule has 0 aliphatic heterocycles. The van der Waals surface area contributed by atoms with Crippen LogP contribution >= 0.6 is 11.3 Å². The molecule has 1 amide bonds. The fourth-order valence-electron chi connectivity index (χ4n) is 1.12. The van der Waals surface area contributed by atoms with Crippen molar-refractivity contribution in [2.45, 2.75) is 6.92 Å². The van der Waals surface area contributed by atoms with Gasteiger partial charge in [-0.05, 0) is 11.4 Å². The quantitative estimate of drug-likeness (QED) is 0.856. The minimum absolute atomic E-state index is 0.0311. The number of carbonyl (C=O) groups excluding carboxylic acids is 1. The van der Waals surface area contributed by atoms with Crippen molar-refractivity contribution < 1.29 is 19.2 Å². The molecule has 17 heavy (non-hydrogen) atoms. The van der Waals surface area contributed by atoms with Gasteiger partial charge in [-0.2, -0.15) is 4.98 Å². The molecule has 2 aromatic heterocycles. The largest absolute Gasteiger partial charge is 0.478 e. The van der Waals surface area contributed by atoms with E-state index in [4.69, 9.17) is 5.11 Å². The Kier molecular flexibility index (Phi) is 2.88. The predicted octanol–water partition coefficient (Wildman–Crippen LogP) is 1.39. The number of amides is 1. The van der Waals surface area contributed by atoms with Crippen LogP contribution in [-0.2, 0) is 0 Å². The summed E-state index contributed by atoms with van der Waals surface area (Å²) in [4.78, 5) is 26.2. The number of hydrogen-bond acceptors (Lipinski definition) is 6. The van der Waals surface area contributed by atoms with Crippen LogP contribution in [0.2, 0.25) is 0 Å². The highest BCUT2D eigenvalue weighted by atomic mass is 32.1. The standard InChI is InChI=1S/C9H7N3O4S/c1-4-10-6(12-16-4)7(13)11-8-5(9(14)15)2-3-17-8/h2-3H,1H3,(H,11,13)(H,14,15). The lowest BCUT2D eigenvalue weighted by molar-refractivity contribution is 0.0698. The van der Waals surface area contributed by atoms with E-state index in [9.17, 15) is 9.59 Å². The molecule has 88 valence electrons. The lowest BCUT2D eigenvalue weighted by atomic mass is 10.3. The summed E-state index contributed by atoms with van der Waals surface area (Å²) in [7, 11) is 0. The predicted molar refractivity (Wildman–Crippen MR) is 58.3 cm³/mol. The summed E-state index contributed by atoms with van der Waals surface area (Å²) >= 11 is 1.11. The SMILES string of the molecule is Cc1nc(C(=O)Nc2sccc2C(=O)O)no1. The van der Waals surface area contributed by atoms with Crippen LogP contribution in [0, 0.1) is 6.92 Å². The molecular formula is C9H7N3O4S. The van der Waals surface area contributed by atoms with E-state index < -0.39 is 11.9 Å². The topological polar surface area (TPSA) is 105 Å². The van der Waals surface area contributed by atoms with Gasteiger partial charge in [-0.1, -0.05) is 5.16 Å². The van der Waals surface area contributed by atoms with E-state index in [-0.39, 0.29) is 22.3 Å². The van der Waals surface area contributed by atoms with Gasteiger partial charge in [0.1, 0.15) is 5.00 Å². The zero-order valence-corrected chi connectivity index (χ0v) is 9.45. The van der Waals surface area contributed by atoms with Crippen LogP contribution in [0.25, 0.3) is 0 Å². The van der Waals surface area contributed by atoms with E-state index in [1.807, 2.05) is 0 Å². The molecule has 0 saturated heterocycles. The highest BCUT2D eigenvalue weighted by molar-refractivity contribution is 7.14. The maximum absolute atomic E-state index is 11.6. The van der Waals surface area contributed by atoms with Crippen molar-refractivity contribution in [2.24, 2.45) is 0 Å². The van der Waals surface area contributed by atoms with Gasteiger partial charge in [0.15, 0.2) is 0 Å². The number of nitrogens with zero attached hydrogens (tertiary/aromatic N) is 2. The van der Waals surface area contributed by atoms with Crippen molar-refractivity contribution >= 4 is 28.2 Å². The van der Waals surface area contributed by atoms with E-state index in [2.05, 4.69) is 20.0 Å². The second-order valence-electron chi connectivity index (χ2n) is 3.06. The molecule has 0 aromatic carbocycles. The minimum Gasteiger partial charge on any atom is -0.478 e. The van der Waals surface area contributed by atoms with E-state index in [0.717, 1.165) is 11.3 Å². The molecule has 2 heterocycles. The Balaban J connectivity index is 2.18. The van der Waals surface area contributed by atoms with Gasteiger partial charge < -0.3 is 14.9 Å². The van der Waals surface area contributed by atoms with Gasteiger partial charge >= 0.3 is 5.97 Å². The number of nitrogens with one attached hydrogen (secondary N) is 1. The minimum atomic E-state index is -1.11. The van der Waals surface area contributed by atoms with Crippen molar-refractivity contribution in [1.82, 2.24) is 10.1 Å². The molecule has 2 rings (SSSR count). The van der Waals surface area contributed by atoms with E-state index in [0.29, 0.717) is 0 Å². The van der Waals surface area contributed by atoms with Crippen LogP contribution in [0.1, 0.15) is 26.9 Å². The number of rotatable bonds is 3. The van der Waals surface area contributed by atoms with Gasteiger partial charge in [0.05, 0.1) is 5.56 Å². The second kappa shape index (κ2) is 4.34. The van der Waals surface area contributed by atoms with E-state index in [1.54, 1.807) is 12.3 Å². The Morgan fingerprint density at radius 1 is 1.53 bits per heavy atom. The van der Waals surface area contributed by atoms with E-state index in [1.165, 1.54) is 6.07 Å². The molecule has 0 radical (unpaired) electrons. The van der Waals surface area contributed by atoms with Crippen molar-refractivity contribution in [2.75, 3.05) is 5.32 Å². The summed E-state index contributed by atoms with van der Waals surface area (Å²) < 4.78 is 4.65. The van der Waals surface area contributed by atoms with Crippen LogP contribution in [0.5, 0.6) is 0 Å². The number of carboxylic acid groups (broad SMARTS) is 1. The second-order valence-corrected chi connectivity index (χ2v) is 3.98. The fourth-order valence-corrected chi connectivity index (χ4v) is 1.90. The third-order valence-corrected chi connectivity index (χ3v) is 2.68. The normalized spacial score (nSPS) is 10.2. The number of thiophene rings is 1. The fraction of sp³-hybridized carbons (Fsp3) is 0.111. The van der Waals surface area contributed by atoms with Crippen LogP contribution < -0.4 is 5.32 Å². The molecule has 0 unspecified atom stereocenters. The molecule has 0 atom stereocenters. The van der Waals surface area contributed by atoms with Crippen LogP contribution in [0.4, 0.5) is 5.00 Å². The smallest absolute Gasteiger partial charge is 0.338 e. The molecule has 2 N–H and O–H groups in total. The Morgan fingerprint density at radius 3 is 2.88 bits per heavy atom. The van der Waals surface area contributed by atoms with Crippen LogP contribution in [-0.4, -0.2) is 27.1 Å². The lowest BCUT2D eigenvalue weighted by Gasteiger charge is -1.99. The summed E-state index contributed by atoms with van der Waals surface area (Å²) in [6, 6.07) is 1.41. The van der Waals surface area contributed by atoms with Crippen molar-refractivity contribution in [3.8, 4) is 0 Å². The maximum Gasteiger partial charge on any atom is 0.338 e. The number of carboxylic acids is 1. The Morgan fingerprint density at radius 2 is 2.29 bits per heavy atom. The lowest BCUT2D eigenvalue weighted by Crippen LogP contribution is -2.14. The average Bonchev–Trinajstić information content (AvgIpc) is 2.86. The van der Waals surface area contributed by atoms with Gasteiger partial charge in [-0.15, -0.1) is 11.3 Å². The van der Waals surface area contributed by atoms with Crippen molar-refractivity contribution in [3.05, 3.63) is 28.7 Å². The van der Waals surface area contributed by atoms with Gasteiger partial charge in [-0.3, -0.25) is 4.79 Å². The zero-order valence-electron chi connectivity index (χ0n) is 8.63. The van der Waals surface area contributed by atoms with Gasteiger partial charge in [-0.25, -0.2) is 4.79 Å². The van der Waals surface area contributed by atoms with Gasteiger partial charge in [0.2, 0.25) is 5.89 Å². The third-order valence-electron chi connectivity index (χ3n) is 1.85. The number of aryl methyl sites for hydroxylation is 1. The molecule has 0 aliphatic carbocycles. The maximum atomic E-state index is 11.6. The summed E-state index contributed by atoms with van der Waals surface area (Å²) in [5, 5.41) is 16.5. The molecule has 8 heteroatoms. The molecule has 0 saturated carbocycles. The summed E-state index contributed by atoms with van der Waals surface area (Å²) in [5.41, 5.74) is 0.0311. The van der Waals surface area contributed by atoms with Gasteiger partial charge in [0, 0.05) is 6.92 Å². The van der Waals surface area contributed by atoms with E-state index >= 15 is 0 Å². The number of carbonyl (C=O) groups is 2. The number of aromatic carboxylic acids is 1. The Labute approximate surface area is 99.1 Å². The number of hydrogen-bond donors (Lipinski definition) is 2. The Bertz CT molecular complexity index is 574. The van der Waals surface area contributed by atoms with Gasteiger partial charge in [0.25, 0.3) is 11.7 Å². The Hall–Kier alpha value is -2.22. The molecule has 0 fully saturated rings. The molecule has 0 spiro atoms.